The van der Waals surface area contributed by atoms with E-state index in [0.29, 0.717) is 6.42 Å². The number of ether oxygens (including phenoxy) is 1. The van der Waals surface area contributed by atoms with Crippen LogP contribution in [0, 0.1) is 6.92 Å². The number of amides is 1. The van der Waals surface area contributed by atoms with E-state index in [1.165, 1.54) is 12.1 Å². The van der Waals surface area contributed by atoms with Gasteiger partial charge in [0.25, 0.3) is 10.0 Å². The summed E-state index contributed by atoms with van der Waals surface area (Å²) in [5, 5.41) is 0. The number of carbonyl (C=O) groups is 1. The highest BCUT2D eigenvalue weighted by Gasteiger charge is 2.25. The van der Waals surface area contributed by atoms with E-state index in [9.17, 15) is 13.2 Å². The SMILES string of the molecule is C=C=CCC(C)(C)OC(=O)NS(=O)(=O)c1ccc(C)cc1. The van der Waals surface area contributed by atoms with Crippen LogP contribution >= 0.6 is 0 Å². The molecule has 0 unspecified atom stereocenters. The maximum atomic E-state index is 12.0. The predicted octanol–water partition coefficient (Wildman–Crippen LogP) is 2.92. The number of hydrogen-bond acceptors (Lipinski definition) is 4. The average molecular weight is 309 g/mol. The number of nitrogens with one attached hydrogen (secondary N) is 1. The van der Waals surface area contributed by atoms with Crippen molar-refractivity contribution in [3.05, 3.63) is 48.2 Å². The lowest BCUT2D eigenvalue weighted by Crippen LogP contribution is -2.37. The van der Waals surface area contributed by atoms with Gasteiger partial charge < -0.3 is 4.74 Å². The summed E-state index contributed by atoms with van der Waals surface area (Å²) in [7, 11) is -3.93. The van der Waals surface area contributed by atoms with Gasteiger partial charge in [0.15, 0.2) is 0 Å². The summed E-state index contributed by atoms with van der Waals surface area (Å²) in [5.74, 6) is 0. The quantitative estimate of drug-likeness (QED) is 0.849. The van der Waals surface area contributed by atoms with Gasteiger partial charge in [0, 0.05) is 6.42 Å². The molecule has 0 spiro atoms. The molecule has 21 heavy (non-hydrogen) atoms. The topological polar surface area (TPSA) is 72.5 Å². The summed E-state index contributed by atoms with van der Waals surface area (Å²) in [6.07, 6.45) is 0.981. The van der Waals surface area contributed by atoms with Gasteiger partial charge >= 0.3 is 6.09 Å². The molecule has 0 saturated carbocycles. The van der Waals surface area contributed by atoms with Crippen molar-refractivity contribution in [2.45, 2.75) is 37.7 Å². The Kier molecular flexibility index (Phi) is 5.35. The fourth-order valence-corrected chi connectivity index (χ4v) is 2.39. The molecule has 0 fully saturated rings. The summed E-state index contributed by atoms with van der Waals surface area (Å²) >= 11 is 0. The monoisotopic (exact) mass is 309 g/mol. The molecule has 0 bridgehead atoms. The number of hydrogen-bond donors (Lipinski definition) is 1. The normalized spacial score (nSPS) is 11.4. The Morgan fingerprint density at radius 2 is 1.95 bits per heavy atom. The Morgan fingerprint density at radius 1 is 1.38 bits per heavy atom. The lowest BCUT2D eigenvalue weighted by molar-refractivity contribution is 0.0452. The van der Waals surface area contributed by atoms with Crippen molar-refractivity contribution in [3.8, 4) is 0 Å². The molecule has 1 aromatic carbocycles. The van der Waals surface area contributed by atoms with E-state index in [4.69, 9.17) is 4.74 Å². The van der Waals surface area contributed by atoms with E-state index >= 15 is 0 Å². The van der Waals surface area contributed by atoms with E-state index in [1.807, 2.05) is 11.6 Å². The van der Waals surface area contributed by atoms with Crippen LogP contribution in [0.25, 0.3) is 0 Å². The first-order chi connectivity index (χ1) is 9.66. The molecule has 1 N–H and O–H groups in total. The van der Waals surface area contributed by atoms with E-state index < -0.39 is 21.7 Å². The van der Waals surface area contributed by atoms with Gasteiger partial charge in [-0.2, -0.15) is 0 Å². The molecule has 0 radical (unpaired) electrons. The zero-order chi connectivity index (χ0) is 16.1. The van der Waals surface area contributed by atoms with Crippen LogP contribution in [0.2, 0.25) is 0 Å². The largest absolute Gasteiger partial charge is 0.442 e. The molecule has 0 saturated heterocycles. The van der Waals surface area contributed by atoms with Gasteiger partial charge in [-0.1, -0.05) is 24.3 Å². The third-order valence-corrected chi connectivity index (χ3v) is 3.98. The van der Waals surface area contributed by atoms with Gasteiger partial charge in [-0.3, -0.25) is 0 Å². The lowest BCUT2D eigenvalue weighted by Gasteiger charge is -2.23. The molecule has 6 heteroatoms. The highest BCUT2D eigenvalue weighted by molar-refractivity contribution is 7.90. The predicted molar refractivity (Wildman–Crippen MR) is 80.4 cm³/mol. The zero-order valence-electron chi connectivity index (χ0n) is 12.3. The van der Waals surface area contributed by atoms with E-state index in [-0.39, 0.29) is 4.90 Å². The molecule has 0 heterocycles. The molecule has 0 aliphatic rings. The van der Waals surface area contributed by atoms with Crippen molar-refractivity contribution in [3.63, 3.8) is 0 Å². The fourth-order valence-electron chi connectivity index (χ4n) is 1.52. The second-order valence-corrected chi connectivity index (χ2v) is 6.86. The smallest absolute Gasteiger partial charge is 0.421 e. The van der Waals surface area contributed by atoms with E-state index in [1.54, 1.807) is 32.1 Å². The maximum absolute atomic E-state index is 12.0. The van der Waals surface area contributed by atoms with Crippen LogP contribution in [0.4, 0.5) is 4.79 Å². The first kappa shape index (κ1) is 17.0. The van der Waals surface area contributed by atoms with Crippen molar-refractivity contribution in [1.29, 1.82) is 0 Å². The van der Waals surface area contributed by atoms with Crippen LogP contribution in [0.1, 0.15) is 25.8 Å². The number of rotatable bonds is 5. The Balaban J connectivity index is 2.77. The molecule has 1 amide bonds. The van der Waals surface area contributed by atoms with Crippen molar-refractivity contribution < 1.29 is 17.9 Å². The van der Waals surface area contributed by atoms with Crippen LogP contribution < -0.4 is 4.72 Å². The molecular formula is C15H19NO4S. The Hall–Kier alpha value is -2.04. The summed E-state index contributed by atoms with van der Waals surface area (Å²) in [5.41, 5.74) is 2.65. The molecule has 0 aliphatic heterocycles. The fraction of sp³-hybridized carbons (Fsp3) is 0.333. The minimum absolute atomic E-state index is 0.00819. The summed E-state index contributed by atoms with van der Waals surface area (Å²) < 4.78 is 31.0. The van der Waals surface area contributed by atoms with Gasteiger partial charge in [-0.05, 0) is 39.0 Å². The van der Waals surface area contributed by atoms with Gasteiger partial charge in [0.05, 0.1) is 4.90 Å². The van der Waals surface area contributed by atoms with Gasteiger partial charge in [0.1, 0.15) is 5.60 Å². The molecule has 0 atom stereocenters. The van der Waals surface area contributed by atoms with Gasteiger partial charge in [0.2, 0.25) is 0 Å². The van der Waals surface area contributed by atoms with Crippen LogP contribution in [-0.2, 0) is 14.8 Å². The molecule has 114 valence electrons. The average Bonchev–Trinajstić information content (AvgIpc) is 2.35. The highest BCUT2D eigenvalue weighted by atomic mass is 32.2. The second kappa shape index (κ2) is 6.61. The Bertz CT molecular complexity index is 653. The van der Waals surface area contributed by atoms with E-state index in [0.717, 1.165) is 5.56 Å². The zero-order valence-corrected chi connectivity index (χ0v) is 13.2. The number of sulfonamides is 1. The van der Waals surface area contributed by atoms with Crippen LogP contribution in [-0.4, -0.2) is 20.1 Å². The van der Waals surface area contributed by atoms with Crippen LogP contribution in [0.15, 0.2) is 47.5 Å². The van der Waals surface area contributed by atoms with Crippen molar-refractivity contribution in [1.82, 2.24) is 4.72 Å². The van der Waals surface area contributed by atoms with Crippen molar-refractivity contribution in [2.75, 3.05) is 0 Å². The van der Waals surface area contributed by atoms with Gasteiger partial charge in [-0.25, -0.2) is 17.9 Å². The highest BCUT2D eigenvalue weighted by Crippen LogP contribution is 2.16. The third-order valence-electron chi connectivity index (χ3n) is 2.66. The Labute approximate surface area is 125 Å². The minimum Gasteiger partial charge on any atom is -0.442 e. The lowest BCUT2D eigenvalue weighted by atomic mass is 10.1. The second-order valence-electron chi connectivity index (χ2n) is 5.18. The van der Waals surface area contributed by atoms with Crippen molar-refractivity contribution in [2.24, 2.45) is 0 Å². The summed E-state index contributed by atoms with van der Waals surface area (Å²) in [6.45, 7) is 8.59. The van der Waals surface area contributed by atoms with Crippen LogP contribution in [0.3, 0.4) is 0 Å². The molecule has 0 aliphatic carbocycles. The molecule has 1 rings (SSSR count). The van der Waals surface area contributed by atoms with Crippen LogP contribution in [0.5, 0.6) is 0 Å². The summed E-state index contributed by atoms with van der Waals surface area (Å²) in [4.78, 5) is 11.7. The first-order valence-electron chi connectivity index (χ1n) is 6.33. The first-order valence-corrected chi connectivity index (χ1v) is 7.81. The maximum Gasteiger partial charge on any atom is 0.421 e. The number of carbonyl (C=O) groups excluding carboxylic acids is 1. The standard InChI is InChI=1S/C15H19NO4S/c1-5-6-11-15(3,4)20-14(17)16-21(18,19)13-9-7-12(2)8-10-13/h6-10H,1,11H2,2-4H3,(H,16,17). The van der Waals surface area contributed by atoms with Crippen molar-refractivity contribution >= 4 is 16.1 Å². The number of aryl methyl sites for hydroxylation is 1. The molecule has 0 aromatic heterocycles. The van der Waals surface area contributed by atoms with E-state index in [2.05, 4.69) is 12.3 Å². The summed E-state index contributed by atoms with van der Waals surface area (Å²) in [6, 6.07) is 6.16. The molecule has 5 nitrogen and oxygen atoms in total. The van der Waals surface area contributed by atoms with Gasteiger partial charge in [-0.15, -0.1) is 5.73 Å². The number of benzene rings is 1. The molecule has 1 aromatic rings. The Morgan fingerprint density at radius 3 is 2.48 bits per heavy atom. The third kappa shape index (κ3) is 5.45. The minimum atomic E-state index is -3.93. The molecular weight excluding hydrogens is 290 g/mol.